The van der Waals surface area contributed by atoms with Crippen LogP contribution < -0.4 is 5.32 Å². The van der Waals surface area contributed by atoms with Gasteiger partial charge in [-0.2, -0.15) is 0 Å². The number of amides is 1. The van der Waals surface area contributed by atoms with Gasteiger partial charge in [0.05, 0.1) is 6.61 Å². The molecule has 0 bridgehead atoms. The Morgan fingerprint density at radius 1 is 1.44 bits per heavy atom. The highest BCUT2D eigenvalue weighted by molar-refractivity contribution is 8.00. The molecule has 0 saturated heterocycles. The van der Waals surface area contributed by atoms with E-state index in [0.29, 0.717) is 0 Å². The fraction of sp³-hybridized carbons (Fsp3) is 0.600. The number of carboxylic acids is 1. The molecule has 5 nitrogen and oxygen atoms in total. The summed E-state index contributed by atoms with van der Waals surface area (Å²) in [5, 5.41) is 20.0. The molecule has 1 amide bonds. The fourth-order valence-electron chi connectivity index (χ4n) is 0.983. The molecular weight excluding hydrogens is 230 g/mol. The molecule has 92 valence electrons. The molecule has 0 saturated carbocycles. The average Bonchev–Trinajstić information content (AvgIpc) is 2.15. The molecule has 0 aromatic rings. The molecule has 0 aromatic heterocycles. The molecule has 1 unspecified atom stereocenters. The third-order valence-electron chi connectivity index (χ3n) is 1.86. The highest BCUT2D eigenvalue weighted by Gasteiger charge is 2.20. The molecule has 2 atom stereocenters. The average molecular weight is 247 g/mol. The third kappa shape index (κ3) is 5.77. The number of carbonyl (C=O) groups excluding carboxylic acids is 1. The van der Waals surface area contributed by atoms with Crippen LogP contribution in [-0.2, 0) is 9.59 Å². The van der Waals surface area contributed by atoms with Crippen molar-refractivity contribution in [1.29, 1.82) is 0 Å². The van der Waals surface area contributed by atoms with Crippen LogP contribution in [0.25, 0.3) is 0 Å². The zero-order valence-electron chi connectivity index (χ0n) is 9.40. The zero-order valence-corrected chi connectivity index (χ0v) is 10.2. The van der Waals surface area contributed by atoms with Gasteiger partial charge in [0.25, 0.3) is 0 Å². The second-order valence-electron chi connectivity index (χ2n) is 3.44. The SMILES string of the molecule is C=C(C)C(CO)SC[C@@H](NC(C)=O)C(=O)O. The second kappa shape index (κ2) is 7.29. The van der Waals surface area contributed by atoms with E-state index in [0.717, 1.165) is 5.57 Å². The highest BCUT2D eigenvalue weighted by Crippen LogP contribution is 2.18. The van der Waals surface area contributed by atoms with Crippen molar-refractivity contribution < 1.29 is 19.8 Å². The molecule has 0 rings (SSSR count). The number of hydrogen-bond acceptors (Lipinski definition) is 4. The molecule has 0 aliphatic carbocycles. The lowest BCUT2D eigenvalue weighted by atomic mass is 10.2. The van der Waals surface area contributed by atoms with Gasteiger partial charge in [0.2, 0.25) is 5.91 Å². The van der Waals surface area contributed by atoms with E-state index in [-0.39, 0.29) is 23.5 Å². The van der Waals surface area contributed by atoms with E-state index in [2.05, 4.69) is 11.9 Å². The van der Waals surface area contributed by atoms with Crippen molar-refractivity contribution in [1.82, 2.24) is 5.32 Å². The van der Waals surface area contributed by atoms with Crippen molar-refractivity contribution in [3.8, 4) is 0 Å². The lowest BCUT2D eigenvalue weighted by molar-refractivity contribution is -0.140. The van der Waals surface area contributed by atoms with Gasteiger partial charge in [0.1, 0.15) is 6.04 Å². The van der Waals surface area contributed by atoms with E-state index < -0.39 is 12.0 Å². The lowest BCUT2D eigenvalue weighted by Crippen LogP contribution is -2.42. The number of rotatable bonds is 7. The Bertz CT molecular complexity index is 280. The van der Waals surface area contributed by atoms with Crippen LogP contribution >= 0.6 is 11.8 Å². The molecule has 6 heteroatoms. The molecule has 3 N–H and O–H groups in total. The number of aliphatic hydroxyl groups excluding tert-OH is 1. The van der Waals surface area contributed by atoms with Gasteiger partial charge in [-0.1, -0.05) is 12.2 Å². The van der Waals surface area contributed by atoms with Crippen LogP contribution in [0.1, 0.15) is 13.8 Å². The largest absolute Gasteiger partial charge is 0.480 e. The van der Waals surface area contributed by atoms with Crippen LogP contribution in [0.2, 0.25) is 0 Å². The van der Waals surface area contributed by atoms with E-state index in [9.17, 15) is 9.59 Å². The Balaban J connectivity index is 4.25. The molecule has 0 fully saturated rings. The quantitative estimate of drug-likeness (QED) is 0.561. The summed E-state index contributed by atoms with van der Waals surface area (Å²) < 4.78 is 0. The maximum atomic E-state index is 10.8. The molecule has 0 spiro atoms. The molecule has 0 heterocycles. The first-order valence-corrected chi connectivity index (χ1v) is 5.81. The van der Waals surface area contributed by atoms with E-state index in [4.69, 9.17) is 10.2 Å². The van der Waals surface area contributed by atoms with E-state index >= 15 is 0 Å². The van der Waals surface area contributed by atoms with Gasteiger partial charge >= 0.3 is 5.97 Å². The summed E-state index contributed by atoms with van der Waals surface area (Å²) in [5.74, 6) is -1.27. The van der Waals surface area contributed by atoms with Gasteiger partial charge in [-0.15, -0.1) is 11.8 Å². The molecule has 16 heavy (non-hydrogen) atoms. The Morgan fingerprint density at radius 3 is 2.31 bits per heavy atom. The fourth-order valence-corrected chi connectivity index (χ4v) is 2.02. The number of aliphatic carboxylic acids is 1. The van der Waals surface area contributed by atoms with Crippen molar-refractivity contribution in [3.05, 3.63) is 12.2 Å². The number of nitrogens with one attached hydrogen (secondary N) is 1. The number of thioether (sulfide) groups is 1. The van der Waals surface area contributed by atoms with Crippen LogP contribution in [0.5, 0.6) is 0 Å². The molecular formula is C10H17NO4S. The maximum Gasteiger partial charge on any atom is 0.327 e. The van der Waals surface area contributed by atoms with E-state index in [1.165, 1.54) is 18.7 Å². The molecule has 0 aromatic carbocycles. The summed E-state index contributed by atoms with van der Waals surface area (Å²) in [6, 6.07) is -0.934. The first kappa shape index (κ1) is 15.0. The summed E-state index contributed by atoms with van der Waals surface area (Å²) in [6.45, 7) is 6.64. The highest BCUT2D eigenvalue weighted by atomic mass is 32.2. The summed E-state index contributed by atoms with van der Waals surface area (Å²) in [5.41, 5.74) is 0.777. The predicted octanol–water partition coefficient (Wildman–Crippen LogP) is 0.246. The zero-order chi connectivity index (χ0) is 12.7. The summed E-state index contributed by atoms with van der Waals surface area (Å²) in [4.78, 5) is 21.5. The minimum absolute atomic E-state index is 0.0909. The van der Waals surface area contributed by atoms with Crippen LogP contribution in [0.15, 0.2) is 12.2 Å². The topological polar surface area (TPSA) is 86.6 Å². The second-order valence-corrected chi connectivity index (χ2v) is 4.68. The van der Waals surface area contributed by atoms with Crippen LogP contribution in [0, 0.1) is 0 Å². The predicted molar refractivity (Wildman–Crippen MR) is 63.4 cm³/mol. The normalized spacial score (nSPS) is 13.9. The van der Waals surface area contributed by atoms with Crippen LogP contribution in [-0.4, -0.2) is 45.7 Å². The van der Waals surface area contributed by atoms with Crippen molar-refractivity contribution in [2.75, 3.05) is 12.4 Å². The molecule has 0 aliphatic heterocycles. The Morgan fingerprint density at radius 2 is 2.00 bits per heavy atom. The molecule has 0 aliphatic rings. The van der Waals surface area contributed by atoms with Gasteiger partial charge in [-0.3, -0.25) is 4.79 Å². The first-order valence-electron chi connectivity index (χ1n) is 4.76. The Kier molecular flexibility index (Phi) is 6.83. The van der Waals surface area contributed by atoms with Gasteiger partial charge in [0, 0.05) is 17.9 Å². The lowest BCUT2D eigenvalue weighted by Gasteiger charge is -2.17. The molecule has 0 radical (unpaired) electrons. The van der Waals surface area contributed by atoms with Crippen molar-refractivity contribution in [2.24, 2.45) is 0 Å². The van der Waals surface area contributed by atoms with Gasteiger partial charge in [0.15, 0.2) is 0 Å². The monoisotopic (exact) mass is 247 g/mol. The van der Waals surface area contributed by atoms with Gasteiger partial charge in [-0.05, 0) is 6.92 Å². The Labute approximate surface area is 98.9 Å². The first-order chi connectivity index (χ1) is 7.38. The van der Waals surface area contributed by atoms with Gasteiger partial charge in [-0.25, -0.2) is 4.79 Å². The van der Waals surface area contributed by atoms with Crippen molar-refractivity contribution >= 4 is 23.6 Å². The van der Waals surface area contributed by atoms with Gasteiger partial charge < -0.3 is 15.5 Å². The summed E-state index contributed by atoms with van der Waals surface area (Å²) in [6.07, 6.45) is 0. The smallest absolute Gasteiger partial charge is 0.327 e. The Hall–Kier alpha value is -1.01. The number of carboxylic acid groups (broad SMARTS) is 1. The van der Waals surface area contributed by atoms with Crippen molar-refractivity contribution in [2.45, 2.75) is 25.1 Å². The van der Waals surface area contributed by atoms with Crippen molar-refractivity contribution in [3.63, 3.8) is 0 Å². The summed E-state index contributed by atoms with van der Waals surface area (Å²) in [7, 11) is 0. The number of aliphatic hydroxyl groups is 1. The summed E-state index contributed by atoms with van der Waals surface area (Å²) >= 11 is 1.26. The number of carbonyl (C=O) groups is 2. The van der Waals surface area contributed by atoms with E-state index in [1.54, 1.807) is 6.92 Å². The van der Waals surface area contributed by atoms with Crippen LogP contribution in [0.3, 0.4) is 0 Å². The minimum atomic E-state index is -1.08. The van der Waals surface area contributed by atoms with Crippen LogP contribution in [0.4, 0.5) is 0 Å². The standard InChI is InChI=1S/C10H17NO4S/c1-6(2)9(4-12)16-5-8(10(14)15)11-7(3)13/h8-9,12H,1,4-5H2,2-3H3,(H,11,13)(H,14,15)/t8-,9?/m1/s1. The minimum Gasteiger partial charge on any atom is -0.480 e. The van der Waals surface area contributed by atoms with E-state index in [1.807, 2.05) is 0 Å². The number of hydrogen-bond donors (Lipinski definition) is 3. The maximum absolute atomic E-state index is 10.8. The third-order valence-corrected chi connectivity index (χ3v) is 3.33.